The number of amides is 1. The third-order valence-electron chi connectivity index (χ3n) is 6.23. The van der Waals surface area contributed by atoms with Crippen LogP contribution in [-0.4, -0.2) is 15.7 Å². The monoisotopic (exact) mass is 415 g/mol. The Hall–Kier alpha value is -3.21. The molecule has 0 radical (unpaired) electrons. The van der Waals surface area contributed by atoms with Gasteiger partial charge in [-0.25, -0.2) is 4.68 Å². The molecule has 1 aromatic heterocycles. The Kier molecular flexibility index (Phi) is 5.77. The number of fused-ring (bicyclic) bond motifs is 1. The van der Waals surface area contributed by atoms with Crippen molar-refractivity contribution in [2.45, 2.75) is 59.4 Å². The molecule has 160 valence electrons. The lowest BCUT2D eigenvalue weighted by atomic mass is 9.89. The van der Waals surface area contributed by atoms with Crippen LogP contribution >= 0.6 is 0 Å². The highest BCUT2D eigenvalue weighted by molar-refractivity contribution is 5.94. The first-order valence-corrected chi connectivity index (χ1v) is 11.0. The highest BCUT2D eigenvalue weighted by Crippen LogP contribution is 2.29. The Labute approximate surface area is 183 Å². The fourth-order valence-electron chi connectivity index (χ4n) is 4.31. The molecule has 5 nitrogen and oxygen atoms in total. The summed E-state index contributed by atoms with van der Waals surface area (Å²) < 4.78 is 1.38. The summed E-state index contributed by atoms with van der Waals surface area (Å²) in [7, 11) is 0. The average Bonchev–Trinajstić information content (AvgIpc) is 2.77. The number of para-hydroxylation sites is 1. The molecule has 0 saturated carbocycles. The first-order chi connectivity index (χ1) is 14.9. The van der Waals surface area contributed by atoms with Crippen LogP contribution in [0.4, 0.5) is 5.69 Å². The number of nitrogens with zero attached hydrogens (tertiary/aromatic N) is 2. The molecule has 5 heteroatoms. The van der Waals surface area contributed by atoms with E-state index in [1.165, 1.54) is 10.2 Å². The molecule has 0 bridgehead atoms. The van der Waals surface area contributed by atoms with E-state index in [1.807, 2.05) is 51.1 Å². The molecular weight excluding hydrogens is 386 g/mol. The Morgan fingerprint density at radius 1 is 0.968 bits per heavy atom. The van der Waals surface area contributed by atoms with Crippen molar-refractivity contribution in [1.82, 2.24) is 9.78 Å². The van der Waals surface area contributed by atoms with E-state index in [1.54, 1.807) is 6.92 Å². The van der Waals surface area contributed by atoms with Crippen molar-refractivity contribution in [3.63, 3.8) is 0 Å². The molecule has 0 saturated heterocycles. The molecular formula is C26H29N3O2. The predicted molar refractivity (Wildman–Crippen MR) is 125 cm³/mol. The molecule has 1 amide bonds. The lowest BCUT2D eigenvalue weighted by Crippen LogP contribution is -2.37. The summed E-state index contributed by atoms with van der Waals surface area (Å²) >= 11 is 0. The minimum absolute atomic E-state index is 0.144. The van der Waals surface area contributed by atoms with Crippen molar-refractivity contribution in [2.75, 3.05) is 5.32 Å². The van der Waals surface area contributed by atoms with E-state index in [4.69, 9.17) is 5.10 Å². The highest BCUT2D eigenvalue weighted by Gasteiger charge is 2.26. The van der Waals surface area contributed by atoms with E-state index in [-0.39, 0.29) is 11.5 Å². The van der Waals surface area contributed by atoms with Gasteiger partial charge in [-0.05, 0) is 70.1 Å². The quantitative estimate of drug-likeness (QED) is 0.658. The second-order valence-corrected chi connectivity index (χ2v) is 8.56. The molecule has 0 aliphatic heterocycles. The topological polar surface area (TPSA) is 64.0 Å². The van der Waals surface area contributed by atoms with Gasteiger partial charge in [0.1, 0.15) is 6.04 Å². The van der Waals surface area contributed by atoms with Crippen molar-refractivity contribution in [3.8, 4) is 11.3 Å². The Bertz CT molecular complexity index is 1170. The van der Waals surface area contributed by atoms with E-state index in [9.17, 15) is 9.59 Å². The van der Waals surface area contributed by atoms with Crippen molar-refractivity contribution in [3.05, 3.63) is 80.6 Å². The maximum atomic E-state index is 13.3. The molecule has 3 aromatic rings. The zero-order valence-electron chi connectivity index (χ0n) is 18.7. The second-order valence-electron chi connectivity index (χ2n) is 8.56. The van der Waals surface area contributed by atoms with Gasteiger partial charge in [-0.3, -0.25) is 9.59 Å². The largest absolute Gasteiger partial charge is 0.324 e. The summed E-state index contributed by atoms with van der Waals surface area (Å²) in [6.07, 6.45) is 3.63. The SMILES string of the molecule is Cc1ccc(-c2nn(C(C)C(=O)Nc3c(C)cccc3C)c(=O)c3c2CCCC3)cc1. The molecule has 1 atom stereocenters. The summed E-state index contributed by atoms with van der Waals surface area (Å²) in [5.41, 5.74) is 7.47. The van der Waals surface area contributed by atoms with Crippen LogP contribution in [0.2, 0.25) is 0 Å². The Morgan fingerprint density at radius 2 is 1.58 bits per heavy atom. The van der Waals surface area contributed by atoms with Gasteiger partial charge in [-0.1, -0.05) is 48.0 Å². The number of hydrogen-bond donors (Lipinski definition) is 1. The van der Waals surface area contributed by atoms with E-state index in [2.05, 4.69) is 17.4 Å². The zero-order valence-corrected chi connectivity index (χ0v) is 18.7. The lowest BCUT2D eigenvalue weighted by molar-refractivity contribution is -0.119. The molecule has 4 rings (SSSR count). The van der Waals surface area contributed by atoms with Crippen molar-refractivity contribution < 1.29 is 4.79 Å². The molecule has 1 aliphatic rings. The number of carbonyl (C=O) groups excluding carboxylic acids is 1. The number of benzene rings is 2. The van der Waals surface area contributed by atoms with Gasteiger partial charge in [0.05, 0.1) is 5.69 Å². The summed E-state index contributed by atoms with van der Waals surface area (Å²) in [6, 6.07) is 13.4. The number of hydrogen-bond acceptors (Lipinski definition) is 3. The number of anilines is 1. The first-order valence-electron chi connectivity index (χ1n) is 11.0. The van der Waals surface area contributed by atoms with E-state index < -0.39 is 6.04 Å². The third kappa shape index (κ3) is 4.05. The lowest BCUT2D eigenvalue weighted by Gasteiger charge is -2.23. The van der Waals surface area contributed by atoms with Crippen LogP contribution in [-0.2, 0) is 17.6 Å². The van der Waals surface area contributed by atoms with Crippen molar-refractivity contribution in [2.24, 2.45) is 0 Å². The van der Waals surface area contributed by atoms with Crippen LogP contribution in [0.25, 0.3) is 11.3 Å². The molecule has 0 fully saturated rings. The highest BCUT2D eigenvalue weighted by atomic mass is 16.2. The summed E-state index contributed by atoms with van der Waals surface area (Å²) in [6.45, 7) is 7.72. The second kappa shape index (κ2) is 8.50. The summed E-state index contributed by atoms with van der Waals surface area (Å²) in [4.78, 5) is 26.4. The van der Waals surface area contributed by atoms with Crippen LogP contribution < -0.4 is 10.9 Å². The van der Waals surface area contributed by atoms with Gasteiger partial charge in [0.15, 0.2) is 0 Å². The van der Waals surface area contributed by atoms with Gasteiger partial charge in [0, 0.05) is 16.8 Å². The molecule has 31 heavy (non-hydrogen) atoms. The van der Waals surface area contributed by atoms with E-state index in [0.29, 0.717) is 0 Å². The Morgan fingerprint density at radius 3 is 2.23 bits per heavy atom. The average molecular weight is 416 g/mol. The van der Waals surface area contributed by atoms with E-state index >= 15 is 0 Å². The van der Waals surface area contributed by atoms with Gasteiger partial charge in [-0.15, -0.1) is 0 Å². The number of aryl methyl sites for hydroxylation is 3. The van der Waals surface area contributed by atoms with Gasteiger partial charge in [0.25, 0.3) is 5.56 Å². The van der Waals surface area contributed by atoms with Gasteiger partial charge >= 0.3 is 0 Å². The van der Waals surface area contributed by atoms with Crippen molar-refractivity contribution >= 4 is 11.6 Å². The molecule has 0 spiro atoms. The standard InChI is InChI=1S/C26H29N3O2/c1-16-12-14-20(15-13-16)24-21-10-5-6-11-22(21)26(31)29(28-24)19(4)25(30)27-23-17(2)8-7-9-18(23)3/h7-9,12-15,19H,5-6,10-11H2,1-4H3,(H,27,30). The van der Waals surface area contributed by atoms with Crippen LogP contribution in [0.1, 0.15) is 53.6 Å². The molecule has 1 aliphatic carbocycles. The zero-order chi connectivity index (χ0) is 22.1. The minimum Gasteiger partial charge on any atom is -0.324 e. The summed E-state index contributed by atoms with van der Waals surface area (Å²) in [5.74, 6) is -0.238. The van der Waals surface area contributed by atoms with Crippen LogP contribution in [0, 0.1) is 20.8 Å². The minimum atomic E-state index is -0.720. The maximum absolute atomic E-state index is 13.3. The number of rotatable bonds is 4. The normalized spacial score (nSPS) is 14.1. The smallest absolute Gasteiger partial charge is 0.271 e. The van der Waals surface area contributed by atoms with Crippen molar-refractivity contribution in [1.29, 1.82) is 0 Å². The Balaban J connectivity index is 1.77. The van der Waals surface area contributed by atoms with E-state index in [0.717, 1.165) is 64.9 Å². The van der Waals surface area contributed by atoms with Gasteiger partial charge in [0.2, 0.25) is 5.91 Å². The van der Waals surface area contributed by atoms with Gasteiger partial charge < -0.3 is 5.32 Å². The maximum Gasteiger partial charge on any atom is 0.271 e. The van der Waals surface area contributed by atoms with Crippen LogP contribution in [0.3, 0.4) is 0 Å². The number of nitrogens with one attached hydrogen (secondary N) is 1. The predicted octanol–water partition coefficient (Wildman–Crippen LogP) is 4.91. The fraction of sp³-hybridized carbons (Fsp3) is 0.346. The molecule has 1 unspecified atom stereocenters. The first kappa shape index (κ1) is 21.0. The number of aromatic nitrogens is 2. The molecule has 1 N–H and O–H groups in total. The summed E-state index contributed by atoms with van der Waals surface area (Å²) in [5, 5.41) is 7.75. The molecule has 1 heterocycles. The molecule has 2 aromatic carbocycles. The number of carbonyl (C=O) groups is 1. The van der Waals surface area contributed by atoms with Gasteiger partial charge in [-0.2, -0.15) is 5.10 Å². The fourth-order valence-corrected chi connectivity index (χ4v) is 4.31. The third-order valence-corrected chi connectivity index (χ3v) is 6.23. The van der Waals surface area contributed by atoms with Crippen LogP contribution in [0.15, 0.2) is 47.3 Å². The van der Waals surface area contributed by atoms with Crippen LogP contribution in [0.5, 0.6) is 0 Å².